The quantitative estimate of drug-likeness (QED) is 0.320. The molecule has 0 heterocycles. The monoisotopic (exact) mass is 589 g/mol. The first-order chi connectivity index (χ1) is 18.9. The summed E-state index contributed by atoms with van der Waals surface area (Å²) in [5.74, 6) is -0.929. The lowest BCUT2D eigenvalue weighted by atomic mass is 10.1. The second-order valence-corrected chi connectivity index (χ2v) is 11.7. The molecule has 2 amide bonds. The van der Waals surface area contributed by atoms with Crippen molar-refractivity contribution in [1.29, 1.82) is 0 Å². The summed E-state index contributed by atoms with van der Waals surface area (Å²) in [5, 5.41) is 3.15. The van der Waals surface area contributed by atoms with Gasteiger partial charge in [-0.25, -0.2) is 12.8 Å². The molecular formula is C29H33ClFN3O5S. The Balaban J connectivity index is 2.02. The van der Waals surface area contributed by atoms with Crippen LogP contribution in [-0.2, 0) is 26.2 Å². The summed E-state index contributed by atoms with van der Waals surface area (Å²) >= 11 is 5.97. The van der Waals surface area contributed by atoms with E-state index in [4.69, 9.17) is 16.3 Å². The van der Waals surface area contributed by atoms with Gasteiger partial charge in [-0.05, 0) is 93.9 Å². The summed E-state index contributed by atoms with van der Waals surface area (Å²) in [4.78, 5) is 28.0. The van der Waals surface area contributed by atoms with Gasteiger partial charge >= 0.3 is 0 Å². The van der Waals surface area contributed by atoms with Crippen LogP contribution < -0.4 is 14.4 Å². The molecule has 1 N–H and O–H groups in total. The third-order valence-electron chi connectivity index (χ3n) is 5.98. The molecule has 214 valence electrons. The molecule has 40 heavy (non-hydrogen) atoms. The number of sulfonamides is 1. The number of nitrogens with one attached hydrogen (secondary N) is 1. The zero-order valence-corrected chi connectivity index (χ0v) is 24.4. The third-order valence-corrected chi connectivity index (χ3v) is 8.02. The molecule has 0 radical (unpaired) electrons. The topological polar surface area (TPSA) is 96.0 Å². The van der Waals surface area contributed by atoms with Crippen molar-refractivity contribution in [2.24, 2.45) is 0 Å². The van der Waals surface area contributed by atoms with Crippen molar-refractivity contribution >= 4 is 39.1 Å². The predicted octanol–water partition coefficient (Wildman–Crippen LogP) is 5.02. The van der Waals surface area contributed by atoms with Crippen LogP contribution in [0.15, 0.2) is 77.7 Å². The van der Waals surface area contributed by atoms with Crippen molar-refractivity contribution in [3.8, 4) is 5.75 Å². The summed E-state index contributed by atoms with van der Waals surface area (Å²) in [6.07, 6.45) is 0. The second-order valence-electron chi connectivity index (χ2n) is 9.38. The van der Waals surface area contributed by atoms with Gasteiger partial charge in [0.15, 0.2) is 0 Å². The molecule has 8 nitrogen and oxygen atoms in total. The number of ether oxygens (including phenoxy) is 1. The van der Waals surface area contributed by atoms with Crippen molar-refractivity contribution in [3.05, 3.63) is 89.2 Å². The van der Waals surface area contributed by atoms with Gasteiger partial charge in [0, 0.05) is 17.6 Å². The van der Waals surface area contributed by atoms with Crippen LogP contribution >= 0.6 is 11.6 Å². The number of hydrogen-bond donors (Lipinski definition) is 1. The molecule has 0 aromatic heterocycles. The highest BCUT2D eigenvalue weighted by molar-refractivity contribution is 7.92. The van der Waals surface area contributed by atoms with Crippen molar-refractivity contribution in [3.63, 3.8) is 0 Å². The number of nitrogens with zero attached hydrogens (tertiary/aromatic N) is 2. The molecule has 0 bridgehead atoms. The number of benzene rings is 3. The minimum atomic E-state index is -4.23. The first kappa shape index (κ1) is 30.9. The van der Waals surface area contributed by atoms with E-state index in [1.54, 1.807) is 45.0 Å². The molecule has 3 aromatic rings. The van der Waals surface area contributed by atoms with Crippen LogP contribution in [0.5, 0.6) is 5.75 Å². The minimum Gasteiger partial charge on any atom is -0.494 e. The predicted molar refractivity (Wildman–Crippen MR) is 153 cm³/mol. The Morgan fingerprint density at radius 2 is 1.55 bits per heavy atom. The molecule has 0 fully saturated rings. The number of rotatable bonds is 12. The van der Waals surface area contributed by atoms with E-state index in [2.05, 4.69) is 5.32 Å². The van der Waals surface area contributed by atoms with Gasteiger partial charge in [0.2, 0.25) is 11.8 Å². The van der Waals surface area contributed by atoms with Gasteiger partial charge < -0.3 is 15.0 Å². The Morgan fingerprint density at radius 3 is 2.10 bits per heavy atom. The van der Waals surface area contributed by atoms with E-state index in [1.807, 2.05) is 6.92 Å². The highest BCUT2D eigenvalue weighted by Crippen LogP contribution is 2.27. The Bertz CT molecular complexity index is 1400. The van der Waals surface area contributed by atoms with Crippen LogP contribution in [0.4, 0.5) is 10.1 Å². The normalized spacial score (nSPS) is 12.1. The fourth-order valence-corrected chi connectivity index (χ4v) is 5.45. The maximum absolute atomic E-state index is 13.9. The Kier molecular flexibility index (Phi) is 10.5. The van der Waals surface area contributed by atoms with Crippen molar-refractivity contribution < 1.29 is 27.1 Å². The number of hydrogen-bond acceptors (Lipinski definition) is 5. The smallest absolute Gasteiger partial charge is 0.264 e. The van der Waals surface area contributed by atoms with Crippen molar-refractivity contribution in [1.82, 2.24) is 10.2 Å². The Hall–Kier alpha value is -3.63. The third kappa shape index (κ3) is 7.95. The Labute approximate surface area is 239 Å². The molecular weight excluding hydrogens is 557 g/mol. The SMILES string of the molecule is CCOc1ccc(N(CC(=O)N(Cc2ccc(F)cc2)[C@@H](C)C(=O)NC(C)C)S(=O)(=O)c2ccc(Cl)cc2)cc1. The molecule has 0 spiro atoms. The van der Waals surface area contributed by atoms with Gasteiger partial charge in [0.25, 0.3) is 10.0 Å². The summed E-state index contributed by atoms with van der Waals surface area (Å²) in [5.41, 5.74) is 0.805. The molecule has 0 aliphatic rings. The van der Waals surface area contributed by atoms with Crippen molar-refractivity contribution in [2.75, 3.05) is 17.5 Å². The lowest BCUT2D eigenvalue weighted by Crippen LogP contribution is -2.52. The van der Waals surface area contributed by atoms with E-state index in [-0.39, 0.29) is 23.2 Å². The van der Waals surface area contributed by atoms with Crippen LogP contribution in [0.2, 0.25) is 5.02 Å². The first-order valence-electron chi connectivity index (χ1n) is 12.8. The van der Waals surface area contributed by atoms with Gasteiger partial charge in [0.05, 0.1) is 17.2 Å². The average Bonchev–Trinajstić information content (AvgIpc) is 2.91. The van der Waals surface area contributed by atoms with E-state index < -0.39 is 40.2 Å². The van der Waals surface area contributed by atoms with Gasteiger partial charge in [-0.15, -0.1) is 0 Å². The fourth-order valence-electron chi connectivity index (χ4n) is 3.91. The molecule has 0 saturated heterocycles. The number of carbonyl (C=O) groups excluding carboxylic acids is 2. The van der Waals surface area contributed by atoms with E-state index in [0.717, 1.165) is 4.31 Å². The van der Waals surface area contributed by atoms with Crippen molar-refractivity contribution in [2.45, 2.75) is 51.2 Å². The van der Waals surface area contributed by atoms with E-state index in [1.165, 1.54) is 53.4 Å². The average molecular weight is 590 g/mol. The van der Waals surface area contributed by atoms with Gasteiger partial charge in [-0.1, -0.05) is 23.7 Å². The van der Waals surface area contributed by atoms with Gasteiger partial charge in [0.1, 0.15) is 24.2 Å². The second kappa shape index (κ2) is 13.6. The number of halogens is 2. The highest BCUT2D eigenvalue weighted by Gasteiger charge is 2.32. The first-order valence-corrected chi connectivity index (χ1v) is 14.6. The van der Waals surface area contributed by atoms with Gasteiger partial charge in [-0.2, -0.15) is 0 Å². The van der Waals surface area contributed by atoms with Crippen LogP contribution in [0.1, 0.15) is 33.3 Å². The van der Waals surface area contributed by atoms with E-state index in [9.17, 15) is 22.4 Å². The molecule has 1 atom stereocenters. The maximum Gasteiger partial charge on any atom is 0.264 e. The molecule has 0 unspecified atom stereocenters. The number of carbonyl (C=O) groups is 2. The van der Waals surface area contributed by atoms with E-state index >= 15 is 0 Å². The summed E-state index contributed by atoms with van der Waals surface area (Å²) in [7, 11) is -4.23. The molecule has 3 aromatic carbocycles. The lowest BCUT2D eigenvalue weighted by Gasteiger charge is -2.32. The van der Waals surface area contributed by atoms with Crippen LogP contribution in [-0.4, -0.2) is 50.4 Å². The molecule has 0 saturated carbocycles. The largest absolute Gasteiger partial charge is 0.494 e. The van der Waals surface area contributed by atoms with Crippen LogP contribution in [0.25, 0.3) is 0 Å². The summed E-state index contributed by atoms with van der Waals surface area (Å²) in [6, 6.07) is 16.4. The summed E-state index contributed by atoms with van der Waals surface area (Å²) < 4.78 is 47.6. The molecule has 0 aliphatic carbocycles. The zero-order valence-electron chi connectivity index (χ0n) is 22.8. The maximum atomic E-state index is 13.9. The number of anilines is 1. The van der Waals surface area contributed by atoms with E-state index in [0.29, 0.717) is 22.9 Å². The fraction of sp³-hybridized carbons (Fsp3) is 0.310. The Morgan fingerprint density at radius 1 is 0.950 bits per heavy atom. The molecule has 3 rings (SSSR count). The lowest BCUT2D eigenvalue weighted by molar-refractivity contribution is -0.139. The van der Waals surface area contributed by atoms with Crippen LogP contribution in [0.3, 0.4) is 0 Å². The molecule has 11 heteroatoms. The van der Waals surface area contributed by atoms with Gasteiger partial charge in [-0.3, -0.25) is 13.9 Å². The standard InChI is InChI=1S/C29H33ClFN3O5S/c1-5-39-26-14-12-25(13-15-26)34(40(37,38)27-16-8-23(30)9-17-27)19-28(35)33(21(4)29(36)32-20(2)3)18-22-6-10-24(31)11-7-22/h6-17,20-21H,5,18-19H2,1-4H3,(H,32,36)/t21-/m0/s1. The zero-order chi connectivity index (χ0) is 29.4. The minimum absolute atomic E-state index is 0.0378. The highest BCUT2D eigenvalue weighted by atomic mass is 35.5. The molecule has 0 aliphatic heterocycles. The number of amides is 2. The summed E-state index contributed by atoms with van der Waals surface area (Å²) in [6.45, 7) is 6.78. The van der Waals surface area contributed by atoms with Crippen LogP contribution in [0, 0.1) is 5.82 Å².